The van der Waals surface area contributed by atoms with Crippen molar-refractivity contribution < 1.29 is 4.43 Å². The van der Waals surface area contributed by atoms with E-state index in [1.165, 1.54) is 11.1 Å². The molecule has 0 saturated heterocycles. The van der Waals surface area contributed by atoms with Crippen LogP contribution < -0.4 is 0 Å². The zero-order valence-corrected chi connectivity index (χ0v) is 14.9. The molecule has 0 aromatic heterocycles. The van der Waals surface area contributed by atoms with E-state index < -0.39 is 8.32 Å². The molecule has 1 rings (SSSR count). The fourth-order valence-electron chi connectivity index (χ4n) is 1.40. The average molecular weight is 328 g/mol. The van der Waals surface area contributed by atoms with E-state index in [1.54, 1.807) is 0 Å². The average Bonchev–Trinajstić information content (AvgIpc) is 2.19. The Kier molecular flexibility index (Phi) is 5.21. The Labute approximate surface area is 121 Å². The number of aryl methyl sites for hydroxylation is 1. The van der Waals surface area contributed by atoms with E-state index in [-0.39, 0.29) is 5.04 Å². The van der Waals surface area contributed by atoms with Gasteiger partial charge >= 0.3 is 0 Å². The lowest BCUT2D eigenvalue weighted by molar-refractivity contribution is 0.363. The van der Waals surface area contributed by atoms with Crippen molar-refractivity contribution in [3.05, 3.63) is 40.4 Å². The van der Waals surface area contributed by atoms with Crippen LogP contribution in [0.1, 0.15) is 31.9 Å². The summed E-state index contributed by atoms with van der Waals surface area (Å²) in [5, 5.41) is 0.262. The van der Waals surface area contributed by atoms with Gasteiger partial charge in [0, 0.05) is 10.9 Å². The quantitative estimate of drug-likeness (QED) is 0.665. The molecule has 0 heterocycles. The zero-order valence-electron chi connectivity index (χ0n) is 12.3. The van der Waals surface area contributed by atoms with E-state index in [2.05, 4.69) is 74.9 Å². The first-order valence-corrected chi connectivity index (χ1v) is 10.1. The summed E-state index contributed by atoms with van der Waals surface area (Å²) in [6.45, 7) is 15.5. The predicted octanol–water partition coefficient (Wildman–Crippen LogP) is 5.48. The van der Waals surface area contributed by atoms with Crippen molar-refractivity contribution in [3.8, 4) is 0 Å². The molecule has 1 radical (unpaired) electrons. The van der Waals surface area contributed by atoms with Gasteiger partial charge in [-0.2, -0.15) is 0 Å². The summed E-state index contributed by atoms with van der Waals surface area (Å²) in [7, 11) is -1.65. The van der Waals surface area contributed by atoms with Crippen LogP contribution in [0.5, 0.6) is 0 Å². The molecule has 0 N–H and O–H groups in total. The third kappa shape index (κ3) is 4.21. The normalized spacial score (nSPS) is 12.8. The number of halogens is 1. The Morgan fingerprint density at radius 3 is 2.39 bits per heavy atom. The Hall–Kier alpha value is -0.123. The van der Waals surface area contributed by atoms with Crippen molar-refractivity contribution in [2.45, 2.75) is 52.2 Å². The highest BCUT2D eigenvalue weighted by atomic mass is 79.9. The zero-order chi connectivity index (χ0) is 14.0. The molecule has 0 spiro atoms. The molecule has 0 atom stereocenters. The van der Waals surface area contributed by atoms with E-state index in [9.17, 15) is 0 Å². The minimum absolute atomic E-state index is 0.262. The molecular weight excluding hydrogens is 304 g/mol. The molecule has 0 unspecified atom stereocenters. The standard InChI is InChI=1S/C15H24BrOSi/c1-12-11-14(16)8-7-13(12)9-10-17-18(5,6)15(2,3)4/h7-8,10-11H,9H2,1-6H3. The Bertz CT molecular complexity index is 407. The van der Waals surface area contributed by atoms with E-state index in [1.807, 2.05) is 6.61 Å². The van der Waals surface area contributed by atoms with Crippen LogP contribution in [-0.4, -0.2) is 8.32 Å². The lowest BCUT2D eigenvalue weighted by Crippen LogP contribution is -2.40. The molecule has 0 aliphatic rings. The largest absolute Gasteiger partial charge is 0.411 e. The smallest absolute Gasteiger partial charge is 0.192 e. The summed E-state index contributed by atoms with van der Waals surface area (Å²) in [6.07, 6.45) is 0.881. The van der Waals surface area contributed by atoms with Crippen LogP contribution in [0.3, 0.4) is 0 Å². The lowest BCUT2D eigenvalue weighted by Gasteiger charge is -2.36. The van der Waals surface area contributed by atoms with Gasteiger partial charge in [0.05, 0.1) is 6.61 Å². The summed E-state index contributed by atoms with van der Waals surface area (Å²) in [5.74, 6) is 0. The summed E-state index contributed by atoms with van der Waals surface area (Å²) >= 11 is 3.49. The van der Waals surface area contributed by atoms with Gasteiger partial charge in [0.2, 0.25) is 0 Å². The summed E-state index contributed by atoms with van der Waals surface area (Å²) < 4.78 is 7.22. The fourth-order valence-corrected chi connectivity index (χ4v) is 2.73. The molecule has 1 nitrogen and oxygen atoms in total. The highest BCUT2D eigenvalue weighted by molar-refractivity contribution is 9.10. The second kappa shape index (κ2) is 5.89. The van der Waals surface area contributed by atoms with E-state index in [0.717, 1.165) is 10.9 Å². The number of benzene rings is 1. The molecule has 18 heavy (non-hydrogen) atoms. The highest BCUT2D eigenvalue weighted by Gasteiger charge is 2.36. The molecule has 1 aromatic carbocycles. The van der Waals surface area contributed by atoms with Gasteiger partial charge in [-0.1, -0.05) is 42.8 Å². The van der Waals surface area contributed by atoms with Crippen LogP contribution in [0.15, 0.2) is 22.7 Å². The lowest BCUT2D eigenvalue weighted by atomic mass is 10.1. The molecular formula is C15H24BrOSi. The van der Waals surface area contributed by atoms with Crippen LogP contribution in [0.2, 0.25) is 18.1 Å². The van der Waals surface area contributed by atoms with Gasteiger partial charge in [-0.3, -0.25) is 0 Å². The van der Waals surface area contributed by atoms with Gasteiger partial charge in [0.25, 0.3) is 0 Å². The van der Waals surface area contributed by atoms with Crippen molar-refractivity contribution in [1.82, 2.24) is 0 Å². The van der Waals surface area contributed by atoms with E-state index >= 15 is 0 Å². The molecule has 3 heteroatoms. The van der Waals surface area contributed by atoms with Gasteiger partial charge in [0.1, 0.15) is 0 Å². The first kappa shape index (κ1) is 15.9. The first-order chi connectivity index (χ1) is 8.13. The van der Waals surface area contributed by atoms with Gasteiger partial charge in [-0.05, 0) is 48.3 Å². The summed E-state index contributed by atoms with van der Waals surface area (Å²) in [6, 6.07) is 6.39. The van der Waals surface area contributed by atoms with Crippen LogP contribution in [-0.2, 0) is 10.8 Å². The van der Waals surface area contributed by atoms with Crippen LogP contribution >= 0.6 is 15.9 Å². The SMILES string of the molecule is Cc1cc(Br)ccc1C[CH]O[Si](C)(C)C(C)(C)C. The number of rotatable bonds is 4. The Morgan fingerprint density at radius 1 is 1.28 bits per heavy atom. The molecule has 0 bridgehead atoms. The van der Waals surface area contributed by atoms with Crippen molar-refractivity contribution >= 4 is 24.2 Å². The topological polar surface area (TPSA) is 9.23 Å². The molecule has 0 aliphatic carbocycles. The molecule has 0 amide bonds. The van der Waals surface area contributed by atoms with Gasteiger partial charge in [-0.15, -0.1) is 0 Å². The van der Waals surface area contributed by atoms with Crippen molar-refractivity contribution in [3.63, 3.8) is 0 Å². The maximum atomic E-state index is 6.09. The maximum Gasteiger partial charge on any atom is 0.192 e. The summed E-state index contributed by atoms with van der Waals surface area (Å²) in [4.78, 5) is 0. The number of hydrogen-bond acceptors (Lipinski definition) is 1. The molecule has 1 aromatic rings. The third-order valence-corrected chi connectivity index (χ3v) is 8.65. The van der Waals surface area contributed by atoms with E-state index in [4.69, 9.17) is 4.43 Å². The first-order valence-electron chi connectivity index (χ1n) is 6.38. The van der Waals surface area contributed by atoms with Crippen LogP contribution in [0.25, 0.3) is 0 Å². The van der Waals surface area contributed by atoms with E-state index in [0.29, 0.717) is 0 Å². The Balaban J connectivity index is 2.57. The fraction of sp³-hybridized carbons (Fsp3) is 0.533. The monoisotopic (exact) mass is 327 g/mol. The Morgan fingerprint density at radius 2 is 1.89 bits per heavy atom. The minimum atomic E-state index is -1.65. The van der Waals surface area contributed by atoms with Crippen molar-refractivity contribution in [1.29, 1.82) is 0 Å². The number of hydrogen-bond donors (Lipinski definition) is 0. The molecule has 0 saturated carbocycles. The van der Waals surface area contributed by atoms with Gasteiger partial charge in [-0.25, -0.2) is 0 Å². The second-order valence-corrected chi connectivity index (χ2v) is 12.0. The molecule has 101 valence electrons. The minimum Gasteiger partial charge on any atom is -0.411 e. The summed E-state index contributed by atoms with van der Waals surface area (Å²) in [5.41, 5.74) is 2.64. The van der Waals surface area contributed by atoms with Crippen molar-refractivity contribution in [2.75, 3.05) is 0 Å². The van der Waals surface area contributed by atoms with Crippen LogP contribution in [0, 0.1) is 13.5 Å². The van der Waals surface area contributed by atoms with Gasteiger partial charge in [0.15, 0.2) is 8.32 Å². The van der Waals surface area contributed by atoms with Crippen LogP contribution in [0.4, 0.5) is 0 Å². The van der Waals surface area contributed by atoms with Gasteiger partial charge < -0.3 is 4.43 Å². The molecule has 0 aliphatic heterocycles. The second-order valence-electron chi connectivity index (χ2n) is 6.32. The van der Waals surface area contributed by atoms with Crippen molar-refractivity contribution in [2.24, 2.45) is 0 Å². The highest BCUT2D eigenvalue weighted by Crippen LogP contribution is 2.37. The molecule has 0 fully saturated rings. The third-order valence-electron chi connectivity index (χ3n) is 3.79. The maximum absolute atomic E-state index is 6.09. The predicted molar refractivity (Wildman–Crippen MR) is 85.2 cm³/mol.